The molecule has 0 aliphatic heterocycles. The zero-order valence-corrected chi connectivity index (χ0v) is 6.63. The van der Waals surface area contributed by atoms with Gasteiger partial charge in [-0.1, -0.05) is 0 Å². The van der Waals surface area contributed by atoms with Crippen molar-refractivity contribution in [2.24, 2.45) is 0 Å². The molecule has 0 aliphatic carbocycles. The van der Waals surface area contributed by atoms with E-state index >= 15 is 0 Å². The van der Waals surface area contributed by atoms with Gasteiger partial charge in [0.05, 0.1) is 0 Å². The van der Waals surface area contributed by atoms with Gasteiger partial charge in [0.15, 0.2) is 0 Å². The van der Waals surface area contributed by atoms with Gasteiger partial charge in [0.1, 0.15) is 0 Å². The molecular formula is C6H13NiO. The van der Waals surface area contributed by atoms with Gasteiger partial charge in [-0.15, -0.1) is 0 Å². The molecule has 0 bridgehead atoms. The van der Waals surface area contributed by atoms with Crippen LogP contribution in [0.25, 0.3) is 0 Å². The molecule has 0 saturated carbocycles. The van der Waals surface area contributed by atoms with Crippen molar-refractivity contribution in [2.45, 2.75) is 31.6 Å². The monoisotopic (exact) mass is 159 g/mol. The molecule has 0 aliphatic rings. The summed E-state index contributed by atoms with van der Waals surface area (Å²) in [7, 11) is 0. The van der Waals surface area contributed by atoms with E-state index in [0.29, 0.717) is 4.75 Å². The fraction of sp³-hybridized carbons (Fsp3) is 0.833. The van der Waals surface area contributed by atoms with Crippen molar-refractivity contribution < 1.29 is 18.2 Å². The Balaban J connectivity index is 3.52. The van der Waals surface area contributed by atoms with Crippen molar-refractivity contribution in [3.8, 4) is 0 Å². The molecule has 0 atom stereocenters. The van der Waals surface area contributed by atoms with Gasteiger partial charge in [-0.05, 0) is 0 Å². The molecule has 0 amide bonds. The Labute approximate surface area is 55.1 Å². The van der Waals surface area contributed by atoms with Crippen LogP contribution < -0.4 is 0 Å². The number of hydrogen-bond donors (Lipinski definition) is 0. The van der Waals surface area contributed by atoms with Crippen molar-refractivity contribution in [1.29, 1.82) is 0 Å². The molecule has 0 fully saturated rings. The van der Waals surface area contributed by atoms with Crippen LogP contribution in [0.4, 0.5) is 0 Å². The molecule has 0 radical (unpaired) electrons. The van der Waals surface area contributed by atoms with Crippen LogP contribution in [0.5, 0.6) is 0 Å². The SMILES string of the molecule is C[CH2][Ni]([CH2]C)[C](C)=O. The standard InChI is InChI=1S/C2H3O.2C2H5.Ni/c1-2-3;2*1-2;/h1H3;2*1H2,2H3;. The predicted molar refractivity (Wildman–Crippen MR) is 31.6 cm³/mol. The van der Waals surface area contributed by atoms with Crippen LogP contribution in [0, 0.1) is 0 Å². The normalized spacial score (nSPS) is 11.1. The van der Waals surface area contributed by atoms with Gasteiger partial charge in [0.2, 0.25) is 0 Å². The van der Waals surface area contributed by atoms with Gasteiger partial charge in [-0.3, -0.25) is 0 Å². The van der Waals surface area contributed by atoms with Gasteiger partial charge < -0.3 is 0 Å². The fourth-order valence-electron chi connectivity index (χ4n) is 0.473. The molecule has 8 heavy (non-hydrogen) atoms. The van der Waals surface area contributed by atoms with E-state index < -0.39 is 0 Å². The molecule has 0 saturated heterocycles. The van der Waals surface area contributed by atoms with E-state index in [-0.39, 0.29) is 13.4 Å². The van der Waals surface area contributed by atoms with Crippen LogP contribution in [0.3, 0.4) is 0 Å². The van der Waals surface area contributed by atoms with E-state index in [9.17, 15) is 4.79 Å². The Morgan fingerprint density at radius 1 is 1.38 bits per heavy atom. The second kappa shape index (κ2) is 4.08. The Morgan fingerprint density at radius 2 is 1.75 bits per heavy atom. The summed E-state index contributed by atoms with van der Waals surface area (Å²) in [4.78, 5) is 10.6. The summed E-state index contributed by atoms with van der Waals surface area (Å²) in [6.07, 6.45) is 0. The third-order valence-corrected chi connectivity index (χ3v) is 3.52. The quantitative estimate of drug-likeness (QED) is 0.577. The average Bonchev–Trinajstić information content (AvgIpc) is 1.69. The van der Waals surface area contributed by atoms with E-state index in [1.165, 1.54) is 0 Å². The Hall–Kier alpha value is 0.164. The zero-order chi connectivity index (χ0) is 6.57. The first-order valence-corrected chi connectivity index (χ1v) is 4.61. The minimum atomic E-state index is -0.0509. The van der Waals surface area contributed by atoms with Crippen molar-refractivity contribution in [3.63, 3.8) is 0 Å². The molecular weight excluding hydrogens is 147 g/mol. The third-order valence-electron chi connectivity index (χ3n) is 0.855. The minimum absolute atomic E-state index is 0.0509. The summed E-state index contributed by atoms with van der Waals surface area (Å²) in [5, 5.41) is 2.07. The first kappa shape index (κ1) is 8.16. The second-order valence-electron chi connectivity index (χ2n) is 1.26. The number of hydrogen-bond acceptors (Lipinski definition) is 1. The van der Waals surface area contributed by atoms with Gasteiger partial charge in [0, 0.05) is 0 Å². The summed E-state index contributed by atoms with van der Waals surface area (Å²) in [6.45, 7) is 5.82. The maximum absolute atomic E-state index is 10.6. The first-order valence-electron chi connectivity index (χ1n) is 2.72. The van der Waals surface area contributed by atoms with E-state index in [4.69, 9.17) is 0 Å². The summed E-state index contributed by atoms with van der Waals surface area (Å²) in [5.41, 5.74) is 0. The van der Waals surface area contributed by atoms with Crippen molar-refractivity contribution in [2.75, 3.05) is 0 Å². The average molecular weight is 160 g/mol. The van der Waals surface area contributed by atoms with Gasteiger partial charge >= 0.3 is 54.5 Å². The topological polar surface area (TPSA) is 17.1 Å². The molecule has 53 valence electrons. The van der Waals surface area contributed by atoms with E-state index in [2.05, 4.69) is 13.8 Å². The Bertz CT molecular complexity index is 76.6. The zero-order valence-electron chi connectivity index (χ0n) is 5.64. The first-order chi connectivity index (χ1) is 3.72. The molecule has 0 aromatic heterocycles. The molecule has 0 aromatic carbocycles. The summed E-state index contributed by atoms with van der Waals surface area (Å²) in [6, 6.07) is 0. The Kier molecular flexibility index (Phi) is 4.17. The number of carbonyl (C=O) groups is 1. The van der Waals surface area contributed by atoms with Gasteiger partial charge in [0.25, 0.3) is 0 Å². The van der Waals surface area contributed by atoms with E-state index in [1.54, 1.807) is 6.92 Å². The van der Waals surface area contributed by atoms with Crippen molar-refractivity contribution >= 4 is 4.75 Å². The van der Waals surface area contributed by atoms with Crippen LogP contribution in [0.2, 0.25) is 10.8 Å². The summed E-state index contributed by atoms with van der Waals surface area (Å²) in [5.74, 6) is 0. The molecule has 0 unspecified atom stereocenters. The molecule has 0 spiro atoms. The number of rotatable bonds is 3. The summed E-state index contributed by atoms with van der Waals surface area (Å²) < 4.78 is 0.370. The van der Waals surface area contributed by atoms with E-state index in [1.807, 2.05) is 0 Å². The fourth-order valence-corrected chi connectivity index (χ4v) is 1.95. The molecule has 0 aromatic rings. The molecule has 0 N–H and O–H groups in total. The summed E-state index contributed by atoms with van der Waals surface area (Å²) >= 11 is -0.0509. The maximum atomic E-state index is 10.6. The van der Waals surface area contributed by atoms with Gasteiger partial charge in [-0.25, -0.2) is 0 Å². The van der Waals surface area contributed by atoms with E-state index in [0.717, 1.165) is 10.8 Å². The molecule has 2 heteroatoms. The van der Waals surface area contributed by atoms with Gasteiger partial charge in [-0.2, -0.15) is 0 Å². The van der Waals surface area contributed by atoms with Crippen molar-refractivity contribution in [3.05, 3.63) is 0 Å². The van der Waals surface area contributed by atoms with Crippen LogP contribution >= 0.6 is 0 Å². The van der Waals surface area contributed by atoms with Crippen LogP contribution in [0.15, 0.2) is 0 Å². The number of carbonyl (C=O) groups excluding carboxylic acids is 1. The molecule has 1 nitrogen and oxygen atoms in total. The third kappa shape index (κ3) is 2.47. The molecule has 0 heterocycles. The molecule has 0 rings (SSSR count). The second-order valence-corrected chi connectivity index (χ2v) is 4.54. The predicted octanol–water partition coefficient (Wildman–Crippen LogP) is 2.03. The van der Waals surface area contributed by atoms with Crippen LogP contribution in [-0.2, 0) is 18.2 Å². The van der Waals surface area contributed by atoms with Crippen molar-refractivity contribution in [1.82, 2.24) is 0 Å². The van der Waals surface area contributed by atoms with Crippen LogP contribution in [0.1, 0.15) is 20.8 Å². The van der Waals surface area contributed by atoms with Crippen LogP contribution in [-0.4, -0.2) is 4.75 Å². The Morgan fingerprint density at radius 3 is 1.75 bits per heavy atom.